The van der Waals surface area contributed by atoms with Crippen molar-refractivity contribution in [2.45, 2.75) is 72.6 Å². The summed E-state index contributed by atoms with van der Waals surface area (Å²) in [7, 11) is 0. The summed E-state index contributed by atoms with van der Waals surface area (Å²) in [5.41, 5.74) is 8.43. The number of aryl methyl sites for hydroxylation is 2. The Morgan fingerprint density at radius 1 is 0.611 bits per heavy atom. The largest absolute Gasteiger partial charge is 1.00 e. The zero-order valence-corrected chi connectivity index (χ0v) is 37.7. The summed E-state index contributed by atoms with van der Waals surface area (Å²) in [5.74, 6) is 0. The molecule has 1 aliphatic carbocycles. The van der Waals surface area contributed by atoms with Crippen molar-refractivity contribution < 1.29 is 49.0 Å². The molecule has 0 saturated carbocycles. The van der Waals surface area contributed by atoms with E-state index in [0.717, 1.165) is 27.2 Å². The summed E-state index contributed by atoms with van der Waals surface area (Å²) >= 11 is 14.1. The Hall–Kier alpha value is -2.90. The van der Waals surface area contributed by atoms with Crippen molar-refractivity contribution in [3.05, 3.63) is 171 Å². The molecule has 0 atom stereocenters. The van der Waals surface area contributed by atoms with Crippen molar-refractivity contribution >= 4 is 69.5 Å². The van der Waals surface area contributed by atoms with E-state index in [4.69, 9.17) is 23.2 Å². The first-order chi connectivity index (χ1) is 24.6. The minimum atomic E-state index is 0. The van der Waals surface area contributed by atoms with Crippen molar-refractivity contribution in [1.82, 2.24) is 0 Å². The van der Waals surface area contributed by atoms with Crippen LogP contribution in [0.5, 0.6) is 0 Å². The molecule has 0 aliphatic heterocycles. The smallest absolute Gasteiger partial charge is 0.109 e. The fourth-order valence-corrected chi connectivity index (χ4v) is 8.87. The molecule has 0 heterocycles. The van der Waals surface area contributed by atoms with E-state index < -0.39 is 0 Å². The maximum absolute atomic E-state index is 6.38. The molecule has 0 aromatic heterocycles. The minimum absolute atomic E-state index is 0. The molecule has 5 heteroatoms. The molecule has 54 heavy (non-hydrogen) atoms. The summed E-state index contributed by atoms with van der Waals surface area (Å²) in [6.07, 6.45) is 10.0. The summed E-state index contributed by atoms with van der Waals surface area (Å²) in [6.45, 7) is 18.3. The van der Waals surface area contributed by atoms with Gasteiger partial charge in [0.05, 0.1) is 0 Å². The first-order valence-corrected chi connectivity index (χ1v) is 19.9. The van der Waals surface area contributed by atoms with Crippen LogP contribution < -0.4 is 24.8 Å². The Morgan fingerprint density at radius 3 is 1.39 bits per heavy atom. The first-order valence-electron chi connectivity index (χ1n) is 17.9. The van der Waals surface area contributed by atoms with Gasteiger partial charge in [0.2, 0.25) is 0 Å². The second-order valence-corrected chi connectivity index (χ2v) is 18.0. The summed E-state index contributed by atoms with van der Waals surface area (Å²) < 4.78 is 1.26. The number of hydrogen-bond donors (Lipinski definition) is 0. The second kappa shape index (κ2) is 17.9. The Balaban J connectivity index is 0.000000206. The van der Waals surface area contributed by atoms with Gasteiger partial charge in [-0.3, -0.25) is 6.08 Å². The average molecular weight is 868 g/mol. The van der Waals surface area contributed by atoms with E-state index in [1.807, 2.05) is 36.4 Å². The van der Waals surface area contributed by atoms with E-state index in [-0.39, 0.29) is 35.6 Å². The van der Waals surface area contributed by atoms with Gasteiger partial charge in [0.15, 0.2) is 0 Å². The molecule has 7 aromatic carbocycles. The molecule has 8 rings (SSSR count). The third kappa shape index (κ3) is 9.72. The van der Waals surface area contributed by atoms with Crippen LogP contribution in [0.4, 0.5) is 0 Å². The molecule has 7 aromatic rings. The van der Waals surface area contributed by atoms with E-state index >= 15 is 0 Å². The fourth-order valence-electron chi connectivity index (χ4n) is 7.40. The molecular weight excluding hydrogens is 822 g/mol. The predicted octanol–water partition coefficient (Wildman–Crippen LogP) is 8.65. The van der Waals surface area contributed by atoms with Gasteiger partial charge < -0.3 is 24.8 Å². The SMILES string of the molecule is Cc1cc2[cH-]c3cc(C)c(C(C)(C)C)cc3c2cc1C(C)(C)C.Clc1cc([C](=[Zr+2])c2cc(Cl)cc3ccccc23)c2ccccc2c1.[C-]1=CC=CC1.[Cl-].[Cl-]. The Bertz CT molecular complexity index is 2350. The number of rotatable bonds is 2. The number of hydrogen-bond acceptors (Lipinski definition) is 0. The summed E-state index contributed by atoms with van der Waals surface area (Å²) in [4.78, 5) is 0. The molecule has 0 spiro atoms. The van der Waals surface area contributed by atoms with Gasteiger partial charge in [0.1, 0.15) is 0 Å². The van der Waals surface area contributed by atoms with Crippen molar-refractivity contribution in [2.75, 3.05) is 0 Å². The van der Waals surface area contributed by atoms with Crippen LogP contribution in [0.25, 0.3) is 43.1 Å². The molecule has 276 valence electrons. The van der Waals surface area contributed by atoms with Gasteiger partial charge in [-0.2, -0.15) is 6.08 Å². The Morgan fingerprint density at radius 2 is 1.04 bits per heavy atom. The van der Waals surface area contributed by atoms with Crippen LogP contribution in [0.3, 0.4) is 0 Å². The van der Waals surface area contributed by atoms with Gasteiger partial charge in [0.25, 0.3) is 0 Å². The van der Waals surface area contributed by atoms with Crippen LogP contribution in [0.1, 0.15) is 81.3 Å². The van der Waals surface area contributed by atoms with E-state index in [0.29, 0.717) is 0 Å². The summed E-state index contributed by atoms with van der Waals surface area (Å²) in [6, 6.07) is 36.8. The molecule has 0 radical (unpaired) electrons. The monoisotopic (exact) mass is 864 g/mol. The van der Waals surface area contributed by atoms with Gasteiger partial charge >= 0.3 is 166 Å². The maximum atomic E-state index is 6.38. The van der Waals surface area contributed by atoms with Crippen LogP contribution in [0, 0.1) is 19.9 Å². The van der Waals surface area contributed by atoms with Crippen LogP contribution in [-0.4, -0.2) is 3.21 Å². The van der Waals surface area contributed by atoms with Crippen molar-refractivity contribution in [3.63, 3.8) is 0 Å². The normalized spacial score (nSPS) is 12.2. The number of benzene rings is 6. The number of halogens is 4. The molecule has 0 unspecified atom stereocenters. The number of allylic oxidation sites excluding steroid dienone is 4. The second-order valence-electron chi connectivity index (χ2n) is 15.9. The maximum Gasteiger partial charge on any atom is -0.109 e. The van der Waals surface area contributed by atoms with Gasteiger partial charge in [-0.1, -0.05) is 75.9 Å². The zero-order chi connectivity index (χ0) is 37.4. The molecule has 0 bridgehead atoms. The van der Waals surface area contributed by atoms with Gasteiger partial charge in [-0.05, 0) is 24.7 Å². The zero-order valence-electron chi connectivity index (χ0n) is 32.3. The van der Waals surface area contributed by atoms with E-state index in [1.54, 1.807) is 0 Å². The molecule has 0 saturated heterocycles. The van der Waals surface area contributed by atoms with Gasteiger partial charge in [-0.15, -0.1) is 46.2 Å². The van der Waals surface area contributed by atoms with Crippen LogP contribution in [0.2, 0.25) is 10.0 Å². The molecule has 0 fully saturated rings. The van der Waals surface area contributed by atoms with Crippen LogP contribution in [-0.2, 0) is 35.1 Å². The molecule has 1 aliphatic rings. The van der Waals surface area contributed by atoms with E-state index in [2.05, 4.69) is 146 Å². The van der Waals surface area contributed by atoms with Crippen LogP contribution >= 0.6 is 23.2 Å². The Kier molecular flexibility index (Phi) is 14.5. The van der Waals surface area contributed by atoms with Crippen molar-refractivity contribution in [1.29, 1.82) is 0 Å². The van der Waals surface area contributed by atoms with Crippen molar-refractivity contribution in [3.8, 4) is 0 Å². The van der Waals surface area contributed by atoms with Gasteiger partial charge in [0, 0.05) is 0 Å². The average Bonchev–Trinajstić information content (AvgIpc) is 3.77. The molecular formula is C49H46Cl4Zr-2. The minimum Gasteiger partial charge on any atom is -1.00 e. The molecule has 0 N–H and O–H groups in total. The quantitative estimate of drug-likeness (QED) is 0.153. The Labute approximate surface area is 359 Å². The van der Waals surface area contributed by atoms with Crippen molar-refractivity contribution in [2.24, 2.45) is 0 Å². The third-order valence-electron chi connectivity index (χ3n) is 9.79. The van der Waals surface area contributed by atoms with Crippen LogP contribution in [0.15, 0.2) is 121 Å². The van der Waals surface area contributed by atoms with Gasteiger partial charge in [-0.25, -0.2) is 12.2 Å². The van der Waals surface area contributed by atoms with E-state index in [1.165, 1.54) is 93.1 Å². The number of fused-ring (bicyclic) bond motifs is 5. The predicted molar refractivity (Wildman–Crippen MR) is 227 cm³/mol. The van der Waals surface area contributed by atoms with E-state index in [9.17, 15) is 0 Å². The summed E-state index contributed by atoms with van der Waals surface area (Å²) in [5, 5.41) is 11.8. The topological polar surface area (TPSA) is 0 Å². The molecule has 0 nitrogen and oxygen atoms in total. The fraction of sp³-hybridized carbons (Fsp3) is 0.224. The first kappa shape index (κ1) is 43.8. The standard InChI is InChI=1S/C23H29.C21H12Cl2.C5H5.2ClH.Zr/c1-14-9-16-11-17-10-15(2)21(23(6,7)8)13-19(17)18(16)12-20(14)22(3,4)5;22-18-10-14-5-1-3-7-20(14)16(12-18)9-17-13-19(23)11-15-6-2-4-8-21(15)17;1-2-4-5-3-1;;;/h9-13H,1-8H3;1-8,10-13H;1-3H,4H2;2*1H;/q-1;;-1;;;+2/p-2. The third-order valence-corrected chi connectivity index (χ3v) is 11.5. The molecule has 0 amide bonds.